The molecule has 3 heterocycles. The highest BCUT2D eigenvalue weighted by Crippen LogP contribution is 2.55. The summed E-state index contributed by atoms with van der Waals surface area (Å²) in [4.78, 5) is 21.3. The van der Waals surface area contributed by atoms with E-state index in [1.54, 1.807) is 6.08 Å². The van der Waals surface area contributed by atoms with Gasteiger partial charge in [0.05, 0.1) is 35.1 Å². The normalized spacial score (nSPS) is 35.4. The van der Waals surface area contributed by atoms with Crippen LogP contribution >= 0.6 is 0 Å². The zero-order chi connectivity index (χ0) is 27.7. The fourth-order valence-corrected chi connectivity index (χ4v) is 8.26. The molecule has 1 aromatic heterocycles. The van der Waals surface area contributed by atoms with Crippen LogP contribution in [0.15, 0.2) is 59.7 Å². The molecule has 1 amide bonds. The largest absolute Gasteiger partial charge is 0.348 e. The van der Waals surface area contributed by atoms with Crippen molar-refractivity contribution in [2.24, 2.45) is 17.8 Å². The van der Waals surface area contributed by atoms with Gasteiger partial charge in [0.2, 0.25) is 5.91 Å². The van der Waals surface area contributed by atoms with E-state index in [0.29, 0.717) is 17.5 Å². The number of nitrogens with one attached hydrogen (secondary N) is 4. The van der Waals surface area contributed by atoms with Gasteiger partial charge in [-0.15, -0.1) is 0 Å². The number of H-pyrrole nitrogens is 1. The van der Waals surface area contributed by atoms with Crippen molar-refractivity contribution in [3.63, 3.8) is 0 Å². The van der Waals surface area contributed by atoms with Crippen molar-refractivity contribution in [3.8, 4) is 0 Å². The highest BCUT2D eigenvalue weighted by Gasteiger charge is 2.55. The van der Waals surface area contributed by atoms with Gasteiger partial charge in [0, 0.05) is 17.5 Å². The van der Waals surface area contributed by atoms with Crippen LogP contribution in [0, 0.1) is 17.8 Å². The van der Waals surface area contributed by atoms with Crippen LogP contribution in [-0.4, -0.2) is 46.5 Å². The number of imidazole rings is 1. The minimum atomic E-state index is -2.97. The molecular weight excluding hydrogens is 520 g/mol. The molecule has 41 heavy (non-hydrogen) atoms. The molecule has 0 bridgehead atoms. The topological polar surface area (TPSA) is 81.8 Å². The lowest BCUT2D eigenvalue weighted by Gasteiger charge is -2.27. The molecule has 4 N–H and O–H groups in total. The van der Waals surface area contributed by atoms with Gasteiger partial charge >= 0.3 is 0 Å². The Labute approximate surface area is 238 Å². The average Bonchev–Trinajstić information content (AvgIpc) is 3.78. The van der Waals surface area contributed by atoms with Crippen LogP contribution in [-0.2, 0) is 4.79 Å². The molecule has 2 saturated heterocycles. The van der Waals surface area contributed by atoms with Crippen molar-refractivity contribution < 1.29 is 13.6 Å². The SMILES string of the molecule is O=C(NC1C=CC2=C(C1)C(F)(F)C1C=C(c3ccc4nc([C@@H]5CCCN5)[nH]c4c3)C=CC21)[C@@H]1CC2CCCC[C@@H]2N1. The van der Waals surface area contributed by atoms with Crippen molar-refractivity contribution in [3.05, 3.63) is 71.1 Å². The van der Waals surface area contributed by atoms with E-state index in [0.717, 1.165) is 60.2 Å². The molecule has 0 radical (unpaired) electrons. The standard InChI is InChI=1S/C33H37F2N5O/c34-33(35)24-14-18(19-8-12-27-29(15-19)40-31(39-27)28-6-3-13-36-28)7-10-22(24)23-11-9-21(17-25(23)33)37-32(41)30-16-20-4-1-2-5-26(20)38-30/h7-12,14-15,20-22,24,26,28,30,36,38H,1-6,13,16-17H2,(H,37,41)(H,39,40)/t20?,21?,22?,24?,26-,28-,30-/m0/s1. The number of carbonyl (C=O) groups excluding carboxylic acids is 1. The zero-order valence-corrected chi connectivity index (χ0v) is 23.1. The van der Waals surface area contributed by atoms with Crippen LogP contribution in [0.4, 0.5) is 8.78 Å². The van der Waals surface area contributed by atoms with Crippen molar-refractivity contribution in [1.29, 1.82) is 0 Å². The molecule has 2 aliphatic heterocycles. The van der Waals surface area contributed by atoms with E-state index in [4.69, 9.17) is 4.98 Å². The number of alkyl halides is 2. The second kappa shape index (κ2) is 9.73. The molecule has 3 fully saturated rings. The Morgan fingerprint density at radius 2 is 1.98 bits per heavy atom. The summed E-state index contributed by atoms with van der Waals surface area (Å²) >= 11 is 0. The van der Waals surface area contributed by atoms with Gasteiger partial charge in [0.15, 0.2) is 0 Å². The minimum absolute atomic E-state index is 0.0556. The molecule has 4 unspecified atom stereocenters. The summed E-state index contributed by atoms with van der Waals surface area (Å²) in [7, 11) is 0. The van der Waals surface area contributed by atoms with Gasteiger partial charge in [-0.2, -0.15) is 0 Å². The molecule has 7 atom stereocenters. The maximum Gasteiger partial charge on any atom is 0.277 e. The Kier molecular flexibility index (Phi) is 6.08. The minimum Gasteiger partial charge on any atom is -0.348 e. The number of aromatic nitrogens is 2. The molecule has 2 aromatic rings. The lowest BCUT2D eigenvalue weighted by Crippen LogP contribution is -2.47. The van der Waals surface area contributed by atoms with Gasteiger partial charge in [-0.3, -0.25) is 4.79 Å². The molecular formula is C33H37F2N5O. The zero-order valence-electron chi connectivity index (χ0n) is 23.1. The fourth-order valence-electron chi connectivity index (χ4n) is 8.26. The molecule has 4 aliphatic carbocycles. The number of amides is 1. The summed E-state index contributed by atoms with van der Waals surface area (Å²) in [6, 6.07) is 6.02. The Morgan fingerprint density at radius 3 is 2.83 bits per heavy atom. The van der Waals surface area contributed by atoms with E-state index in [9.17, 15) is 4.79 Å². The number of fused-ring (bicyclic) bond motifs is 4. The summed E-state index contributed by atoms with van der Waals surface area (Å²) < 4.78 is 32.1. The predicted molar refractivity (Wildman–Crippen MR) is 155 cm³/mol. The number of aromatic amines is 1. The number of nitrogens with zero attached hydrogens (tertiary/aromatic N) is 1. The van der Waals surface area contributed by atoms with Crippen LogP contribution in [0.5, 0.6) is 0 Å². The molecule has 6 nitrogen and oxygen atoms in total. The number of benzene rings is 1. The van der Waals surface area contributed by atoms with E-state index in [-0.39, 0.29) is 35.9 Å². The number of hydrogen-bond donors (Lipinski definition) is 4. The second-order valence-electron chi connectivity index (χ2n) is 12.9. The van der Waals surface area contributed by atoms with Crippen molar-refractivity contribution in [1.82, 2.24) is 25.9 Å². The Morgan fingerprint density at radius 1 is 1.07 bits per heavy atom. The number of carbonyl (C=O) groups is 1. The predicted octanol–water partition coefficient (Wildman–Crippen LogP) is 5.48. The number of halogens is 2. The van der Waals surface area contributed by atoms with Gasteiger partial charge in [0.25, 0.3) is 5.92 Å². The molecule has 6 aliphatic rings. The fraction of sp³-hybridized carbons (Fsp3) is 0.515. The number of allylic oxidation sites excluding steroid dienone is 6. The highest BCUT2D eigenvalue weighted by molar-refractivity contribution is 5.85. The van der Waals surface area contributed by atoms with Gasteiger partial charge in [-0.25, -0.2) is 13.8 Å². The third-order valence-electron chi connectivity index (χ3n) is 10.4. The smallest absolute Gasteiger partial charge is 0.277 e. The maximum absolute atomic E-state index is 16.0. The second-order valence-corrected chi connectivity index (χ2v) is 12.9. The molecule has 1 saturated carbocycles. The summed E-state index contributed by atoms with van der Waals surface area (Å²) in [5.41, 5.74) is 4.42. The third-order valence-corrected chi connectivity index (χ3v) is 10.4. The Bertz CT molecular complexity index is 1500. The van der Waals surface area contributed by atoms with Crippen molar-refractivity contribution in [2.75, 3.05) is 6.54 Å². The first-order chi connectivity index (χ1) is 19.9. The van der Waals surface area contributed by atoms with E-state index >= 15 is 8.78 Å². The van der Waals surface area contributed by atoms with Crippen LogP contribution in [0.1, 0.15) is 68.8 Å². The van der Waals surface area contributed by atoms with Gasteiger partial charge in [-0.1, -0.05) is 49.3 Å². The highest BCUT2D eigenvalue weighted by atomic mass is 19.3. The summed E-state index contributed by atoms with van der Waals surface area (Å²) in [5.74, 6) is -2.80. The lowest BCUT2D eigenvalue weighted by atomic mass is 9.82. The third kappa shape index (κ3) is 4.33. The molecule has 0 spiro atoms. The molecule has 8 rings (SSSR count). The number of rotatable bonds is 4. The summed E-state index contributed by atoms with van der Waals surface area (Å²) in [5, 5.41) is 10.1. The Hall–Kier alpha value is -3.10. The summed E-state index contributed by atoms with van der Waals surface area (Å²) in [6.45, 7) is 1.00. The van der Waals surface area contributed by atoms with Gasteiger partial charge in [-0.05, 0) is 79.8 Å². The quantitative estimate of drug-likeness (QED) is 0.401. The van der Waals surface area contributed by atoms with Crippen LogP contribution < -0.4 is 16.0 Å². The number of hydrogen-bond acceptors (Lipinski definition) is 4. The lowest BCUT2D eigenvalue weighted by molar-refractivity contribution is -0.123. The monoisotopic (exact) mass is 557 g/mol. The van der Waals surface area contributed by atoms with Gasteiger partial charge < -0.3 is 20.9 Å². The van der Waals surface area contributed by atoms with Crippen LogP contribution in [0.25, 0.3) is 16.6 Å². The molecule has 214 valence electrons. The maximum atomic E-state index is 16.0. The first kappa shape index (κ1) is 25.6. The van der Waals surface area contributed by atoms with Crippen LogP contribution in [0.3, 0.4) is 0 Å². The van der Waals surface area contributed by atoms with E-state index in [1.165, 1.54) is 19.3 Å². The first-order valence-electron chi connectivity index (χ1n) is 15.4. The van der Waals surface area contributed by atoms with Gasteiger partial charge in [0.1, 0.15) is 5.82 Å². The van der Waals surface area contributed by atoms with E-state index < -0.39 is 17.9 Å². The van der Waals surface area contributed by atoms with E-state index in [1.807, 2.05) is 42.5 Å². The van der Waals surface area contributed by atoms with E-state index in [2.05, 4.69) is 20.9 Å². The Balaban J connectivity index is 0.982. The first-order valence-corrected chi connectivity index (χ1v) is 15.4. The summed E-state index contributed by atoms with van der Waals surface area (Å²) in [6.07, 6.45) is 17.4. The molecule has 8 heteroatoms. The average molecular weight is 558 g/mol. The van der Waals surface area contributed by atoms with Crippen molar-refractivity contribution >= 4 is 22.5 Å². The van der Waals surface area contributed by atoms with Crippen molar-refractivity contribution in [2.45, 2.75) is 81.5 Å². The molecule has 1 aromatic carbocycles. The van der Waals surface area contributed by atoms with Crippen LogP contribution in [0.2, 0.25) is 0 Å².